The summed E-state index contributed by atoms with van der Waals surface area (Å²) in [5.41, 5.74) is 1.44. The van der Waals surface area contributed by atoms with Crippen LogP contribution in [0.1, 0.15) is 24.6 Å². The van der Waals surface area contributed by atoms with Crippen LogP contribution in [0.25, 0.3) is 0 Å². The van der Waals surface area contributed by atoms with Crippen molar-refractivity contribution >= 4 is 10.0 Å². The third-order valence-electron chi connectivity index (χ3n) is 3.71. The highest BCUT2D eigenvalue weighted by Crippen LogP contribution is 2.21. The van der Waals surface area contributed by atoms with Crippen LogP contribution in [0.5, 0.6) is 0 Å². The molecule has 0 aliphatic carbocycles. The third-order valence-corrected chi connectivity index (χ3v) is 5.11. The number of H-pyrrole nitrogens is 1. The van der Waals surface area contributed by atoms with Gasteiger partial charge in [-0.2, -0.15) is 5.10 Å². The first-order valence-corrected chi connectivity index (χ1v) is 8.23. The number of hydrogen-bond donors (Lipinski definition) is 3. The van der Waals surface area contributed by atoms with Crippen LogP contribution in [0.4, 0.5) is 0 Å². The van der Waals surface area contributed by atoms with E-state index in [2.05, 4.69) is 20.2 Å². The molecule has 0 aromatic carbocycles. The van der Waals surface area contributed by atoms with Crippen molar-refractivity contribution in [2.24, 2.45) is 5.92 Å². The Morgan fingerprint density at radius 2 is 2.25 bits per heavy atom. The van der Waals surface area contributed by atoms with E-state index in [1.807, 2.05) is 13.8 Å². The van der Waals surface area contributed by atoms with Crippen LogP contribution in [0, 0.1) is 12.8 Å². The van der Waals surface area contributed by atoms with Gasteiger partial charge in [0, 0.05) is 36.9 Å². The fourth-order valence-corrected chi connectivity index (χ4v) is 3.65. The minimum Gasteiger partial charge on any atom is -0.378 e. The number of nitrogens with one attached hydrogen (secondary N) is 3. The molecule has 2 unspecified atom stereocenters. The van der Waals surface area contributed by atoms with Crippen molar-refractivity contribution < 1.29 is 13.2 Å². The van der Waals surface area contributed by atoms with Gasteiger partial charge < -0.3 is 10.1 Å². The van der Waals surface area contributed by atoms with E-state index >= 15 is 0 Å². The average Bonchev–Trinajstić information content (AvgIpc) is 2.95. The van der Waals surface area contributed by atoms with Crippen LogP contribution in [0.3, 0.4) is 0 Å². The average molecular weight is 302 g/mol. The topological polar surface area (TPSA) is 96.1 Å². The van der Waals surface area contributed by atoms with E-state index in [4.69, 9.17) is 4.74 Å². The van der Waals surface area contributed by atoms with Gasteiger partial charge in [0.1, 0.15) is 0 Å². The van der Waals surface area contributed by atoms with Crippen LogP contribution >= 0.6 is 0 Å². The summed E-state index contributed by atoms with van der Waals surface area (Å²) in [4.78, 5) is 0. The number of hydrogen-bond acceptors (Lipinski definition) is 5. The summed E-state index contributed by atoms with van der Waals surface area (Å²) in [6.07, 6.45) is 0.975. The molecule has 0 spiro atoms. The number of ether oxygens (including phenoxy) is 1. The lowest BCUT2D eigenvalue weighted by Gasteiger charge is -2.14. The zero-order valence-electron chi connectivity index (χ0n) is 12.1. The first-order chi connectivity index (χ1) is 9.45. The van der Waals surface area contributed by atoms with Crippen LogP contribution in [-0.2, 0) is 21.3 Å². The number of nitrogens with zero attached hydrogens (tertiary/aromatic N) is 1. The Kier molecular flexibility index (Phi) is 4.79. The lowest BCUT2D eigenvalue weighted by atomic mass is 10.0. The molecule has 1 aromatic heterocycles. The second-order valence-electron chi connectivity index (χ2n) is 5.14. The highest BCUT2D eigenvalue weighted by atomic mass is 32.2. The molecule has 1 aliphatic rings. The van der Waals surface area contributed by atoms with E-state index in [9.17, 15) is 8.42 Å². The summed E-state index contributed by atoms with van der Waals surface area (Å²) in [7, 11) is -1.82. The van der Waals surface area contributed by atoms with Crippen molar-refractivity contribution in [2.45, 2.75) is 37.9 Å². The summed E-state index contributed by atoms with van der Waals surface area (Å²) in [6, 6.07) is 0. The van der Waals surface area contributed by atoms with Gasteiger partial charge in [-0.05, 0) is 27.3 Å². The third kappa shape index (κ3) is 3.20. The molecule has 0 bridgehead atoms. The molecule has 0 saturated carbocycles. The Hall–Kier alpha value is -0.960. The largest absolute Gasteiger partial charge is 0.378 e. The van der Waals surface area contributed by atoms with Crippen LogP contribution in [-0.4, -0.2) is 44.9 Å². The number of sulfonamides is 1. The summed E-state index contributed by atoms with van der Waals surface area (Å²) in [5.74, 6) is 0.220. The first kappa shape index (κ1) is 15.4. The summed E-state index contributed by atoms with van der Waals surface area (Å²) in [5, 5.41) is 9.69. The monoisotopic (exact) mass is 302 g/mol. The molecule has 8 heteroatoms. The quantitative estimate of drug-likeness (QED) is 0.695. The van der Waals surface area contributed by atoms with Gasteiger partial charge in [0.25, 0.3) is 10.0 Å². The molecule has 2 rings (SSSR count). The maximum atomic E-state index is 12.3. The number of rotatable bonds is 6. The van der Waals surface area contributed by atoms with Gasteiger partial charge in [-0.1, -0.05) is 0 Å². The Balaban J connectivity index is 2.10. The zero-order valence-corrected chi connectivity index (χ0v) is 12.9. The van der Waals surface area contributed by atoms with Crippen molar-refractivity contribution in [3.63, 3.8) is 0 Å². The van der Waals surface area contributed by atoms with E-state index < -0.39 is 10.0 Å². The van der Waals surface area contributed by atoms with Crippen LogP contribution in [0.15, 0.2) is 5.03 Å². The molecule has 2 heterocycles. The van der Waals surface area contributed by atoms with Crippen LogP contribution in [0.2, 0.25) is 0 Å². The molecule has 0 amide bonds. The second kappa shape index (κ2) is 6.21. The Bertz CT molecular complexity index is 555. The number of aromatic amines is 1. The van der Waals surface area contributed by atoms with Crippen molar-refractivity contribution in [3.05, 3.63) is 11.3 Å². The Morgan fingerprint density at radius 3 is 2.85 bits per heavy atom. The molecule has 20 heavy (non-hydrogen) atoms. The molecule has 1 saturated heterocycles. The number of aromatic nitrogens is 2. The van der Waals surface area contributed by atoms with E-state index in [-0.39, 0.29) is 17.0 Å². The lowest BCUT2D eigenvalue weighted by molar-refractivity contribution is 0.107. The summed E-state index contributed by atoms with van der Waals surface area (Å²) >= 11 is 0. The molecular weight excluding hydrogens is 280 g/mol. The SMILES string of the molecule is CNCc1c(S(=O)(=O)NCC2CCOC2C)n[nH]c1C. The van der Waals surface area contributed by atoms with Gasteiger partial charge in [-0.25, -0.2) is 13.1 Å². The Labute approximate surface area is 119 Å². The molecule has 1 fully saturated rings. The number of aryl methyl sites for hydroxylation is 1. The van der Waals surface area contributed by atoms with E-state index in [0.29, 0.717) is 25.3 Å². The van der Waals surface area contributed by atoms with Gasteiger partial charge >= 0.3 is 0 Å². The van der Waals surface area contributed by atoms with Gasteiger partial charge in [0.2, 0.25) is 0 Å². The van der Waals surface area contributed by atoms with Crippen molar-refractivity contribution in [1.82, 2.24) is 20.2 Å². The molecule has 7 nitrogen and oxygen atoms in total. The minimum absolute atomic E-state index is 0.0796. The van der Waals surface area contributed by atoms with Crippen LogP contribution < -0.4 is 10.0 Å². The highest BCUT2D eigenvalue weighted by Gasteiger charge is 2.28. The van der Waals surface area contributed by atoms with E-state index in [1.165, 1.54) is 0 Å². The fraction of sp³-hybridized carbons (Fsp3) is 0.750. The summed E-state index contributed by atoms with van der Waals surface area (Å²) in [6.45, 7) is 5.32. The summed E-state index contributed by atoms with van der Waals surface area (Å²) < 4.78 is 32.8. The van der Waals surface area contributed by atoms with Crippen molar-refractivity contribution in [3.8, 4) is 0 Å². The molecule has 114 valence electrons. The maximum absolute atomic E-state index is 12.3. The molecule has 2 atom stereocenters. The molecular formula is C12H22N4O3S. The maximum Gasteiger partial charge on any atom is 0.260 e. The van der Waals surface area contributed by atoms with Gasteiger partial charge in [0.15, 0.2) is 5.03 Å². The van der Waals surface area contributed by atoms with E-state index in [1.54, 1.807) is 7.05 Å². The van der Waals surface area contributed by atoms with E-state index in [0.717, 1.165) is 12.1 Å². The zero-order chi connectivity index (χ0) is 14.8. The smallest absolute Gasteiger partial charge is 0.260 e. The normalized spacial score (nSPS) is 23.4. The van der Waals surface area contributed by atoms with Gasteiger partial charge in [-0.15, -0.1) is 0 Å². The lowest BCUT2D eigenvalue weighted by Crippen LogP contribution is -2.33. The second-order valence-corrected chi connectivity index (χ2v) is 6.82. The predicted molar refractivity (Wildman–Crippen MR) is 74.8 cm³/mol. The Morgan fingerprint density at radius 1 is 1.50 bits per heavy atom. The highest BCUT2D eigenvalue weighted by molar-refractivity contribution is 7.89. The molecule has 0 radical (unpaired) electrons. The fourth-order valence-electron chi connectivity index (χ4n) is 2.37. The standard InChI is InChI=1S/C12H22N4O3S/c1-8-11(7-13-3)12(16-15-8)20(17,18)14-6-10-4-5-19-9(10)2/h9-10,13-14H,4-7H2,1-3H3,(H,15,16). The van der Waals surface area contributed by atoms with Gasteiger partial charge in [0.05, 0.1) is 6.10 Å². The van der Waals surface area contributed by atoms with Crippen molar-refractivity contribution in [1.29, 1.82) is 0 Å². The first-order valence-electron chi connectivity index (χ1n) is 6.75. The minimum atomic E-state index is -3.59. The predicted octanol–water partition coefficient (Wildman–Crippen LogP) is 0.141. The molecule has 3 N–H and O–H groups in total. The molecule has 1 aromatic rings. The molecule has 1 aliphatic heterocycles. The van der Waals surface area contributed by atoms with Gasteiger partial charge in [-0.3, -0.25) is 5.10 Å². The van der Waals surface area contributed by atoms with Crippen molar-refractivity contribution in [2.75, 3.05) is 20.2 Å².